The number of aromatic nitrogens is 1. The molecule has 5 aliphatic rings. The van der Waals surface area contributed by atoms with Gasteiger partial charge in [0.2, 0.25) is 0 Å². The molecule has 4 aliphatic carbocycles. The summed E-state index contributed by atoms with van der Waals surface area (Å²) in [6.45, 7) is 5.84. The van der Waals surface area contributed by atoms with Crippen LogP contribution in [0.3, 0.4) is 0 Å². The quantitative estimate of drug-likeness (QED) is 0.826. The van der Waals surface area contributed by atoms with Crippen LogP contribution in [0.25, 0.3) is 0 Å². The molecule has 5 fully saturated rings. The molecule has 0 radical (unpaired) electrons. The zero-order valence-electron chi connectivity index (χ0n) is 14.5. The number of carbonyl (C=O) groups excluding carboxylic acids is 1. The molecule has 1 aromatic heterocycles. The summed E-state index contributed by atoms with van der Waals surface area (Å²) in [5.41, 5.74) is 3.16. The average Bonchev–Trinajstić information content (AvgIpc) is 2.99. The summed E-state index contributed by atoms with van der Waals surface area (Å²) in [5.74, 6) is 3.18. The maximum absolute atomic E-state index is 12.7. The van der Waals surface area contributed by atoms with Gasteiger partial charge in [0.1, 0.15) is 4.88 Å². The number of amides is 1. The second-order valence-electron chi connectivity index (χ2n) is 8.69. The van der Waals surface area contributed by atoms with E-state index in [1.165, 1.54) is 49.9 Å². The van der Waals surface area contributed by atoms with Gasteiger partial charge in [0.05, 0.1) is 11.2 Å². The first-order valence-corrected chi connectivity index (χ1v) is 10.5. The normalized spacial score (nSPS) is 38.7. The number of aryl methyl sites for hydroxylation is 1. The summed E-state index contributed by atoms with van der Waals surface area (Å²) in [7, 11) is 0. The topological polar surface area (TPSA) is 36.4 Å². The van der Waals surface area contributed by atoms with E-state index in [0.717, 1.165) is 54.5 Å². The van der Waals surface area contributed by atoms with Crippen molar-refractivity contribution in [1.82, 2.24) is 14.8 Å². The predicted octanol–water partition coefficient (Wildman–Crippen LogP) is 3.18. The molecule has 0 unspecified atom stereocenters. The average molecular weight is 346 g/mol. The van der Waals surface area contributed by atoms with Crippen molar-refractivity contribution in [3.8, 4) is 0 Å². The number of nitrogens with zero attached hydrogens (tertiary/aromatic N) is 3. The third-order valence-corrected chi connectivity index (χ3v) is 8.10. The zero-order chi connectivity index (χ0) is 16.3. The van der Waals surface area contributed by atoms with Crippen molar-refractivity contribution in [2.24, 2.45) is 17.8 Å². The largest absolute Gasteiger partial charge is 0.335 e. The van der Waals surface area contributed by atoms with Gasteiger partial charge in [0, 0.05) is 31.7 Å². The van der Waals surface area contributed by atoms with Crippen molar-refractivity contribution in [1.29, 1.82) is 0 Å². The van der Waals surface area contributed by atoms with Gasteiger partial charge in [-0.3, -0.25) is 9.69 Å². The first-order valence-electron chi connectivity index (χ1n) is 9.57. The highest BCUT2D eigenvalue weighted by Gasteiger charge is 2.53. The van der Waals surface area contributed by atoms with Crippen LogP contribution in [0.2, 0.25) is 0 Å². The van der Waals surface area contributed by atoms with Gasteiger partial charge >= 0.3 is 0 Å². The minimum Gasteiger partial charge on any atom is -0.335 e. The second-order valence-corrected chi connectivity index (χ2v) is 9.54. The fourth-order valence-electron chi connectivity index (χ4n) is 6.49. The Balaban J connectivity index is 1.27. The van der Waals surface area contributed by atoms with Crippen molar-refractivity contribution in [2.75, 3.05) is 26.2 Å². The van der Waals surface area contributed by atoms with Gasteiger partial charge in [-0.05, 0) is 63.2 Å². The molecular formula is C19H27N3OS. The predicted molar refractivity (Wildman–Crippen MR) is 95.2 cm³/mol. The van der Waals surface area contributed by atoms with E-state index in [1.54, 1.807) is 5.51 Å². The molecular weight excluding hydrogens is 318 g/mol. The lowest BCUT2D eigenvalue weighted by Gasteiger charge is -2.61. The number of carbonyl (C=O) groups is 1. The molecule has 0 spiro atoms. The Morgan fingerprint density at radius 2 is 1.67 bits per heavy atom. The molecule has 0 atom stereocenters. The van der Waals surface area contributed by atoms with Crippen molar-refractivity contribution < 1.29 is 4.79 Å². The number of thiazole rings is 1. The minimum atomic E-state index is 0.195. The van der Waals surface area contributed by atoms with Crippen LogP contribution in [0.1, 0.15) is 53.9 Å². The summed E-state index contributed by atoms with van der Waals surface area (Å²) in [6.07, 6.45) is 8.80. The van der Waals surface area contributed by atoms with Crippen molar-refractivity contribution in [3.05, 3.63) is 16.1 Å². The molecule has 4 bridgehead atoms. The van der Waals surface area contributed by atoms with Crippen LogP contribution in [0.4, 0.5) is 0 Å². The lowest BCUT2D eigenvalue weighted by atomic mass is 9.52. The Bertz CT molecular complexity index is 612. The standard InChI is InChI=1S/C19H27N3OS/c1-13-17(24-12-20-13)18(23)21-2-4-22(5-3-21)19-9-14-6-15(10-19)8-16(7-14)11-19/h12,14-16H,2-11H2,1H3. The summed E-state index contributed by atoms with van der Waals surface area (Å²) in [6, 6.07) is 0. The van der Waals surface area contributed by atoms with E-state index < -0.39 is 0 Å². The van der Waals surface area contributed by atoms with Gasteiger partial charge in [-0.1, -0.05) is 0 Å². The van der Waals surface area contributed by atoms with Gasteiger partial charge in [0.15, 0.2) is 0 Å². The van der Waals surface area contributed by atoms with Crippen molar-refractivity contribution in [3.63, 3.8) is 0 Å². The van der Waals surface area contributed by atoms with E-state index in [-0.39, 0.29) is 5.91 Å². The summed E-state index contributed by atoms with van der Waals surface area (Å²) in [4.78, 5) is 22.6. The molecule has 130 valence electrons. The molecule has 24 heavy (non-hydrogen) atoms. The van der Waals surface area contributed by atoms with Crippen LogP contribution in [0.15, 0.2) is 5.51 Å². The van der Waals surface area contributed by atoms with E-state index in [4.69, 9.17) is 0 Å². The van der Waals surface area contributed by atoms with Crippen LogP contribution in [-0.2, 0) is 0 Å². The summed E-state index contributed by atoms with van der Waals surface area (Å²) < 4.78 is 0. The lowest BCUT2D eigenvalue weighted by molar-refractivity contribution is -0.0987. The lowest BCUT2D eigenvalue weighted by Crippen LogP contribution is -2.64. The zero-order valence-corrected chi connectivity index (χ0v) is 15.4. The van der Waals surface area contributed by atoms with Crippen LogP contribution in [-0.4, -0.2) is 52.4 Å². The molecule has 1 aliphatic heterocycles. The Kier molecular flexibility index (Phi) is 3.53. The van der Waals surface area contributed by atoms with E-state index in [1.807, 2.05) is 6.92 Å². The van der Waals surface area contributed by atoms with Gasteiger partial charge in [-0.15, -0.1) is 11.3 Å². The SMILES string of the molecule is Cc1ncsc1C(=O)N1CCN(C23CC4CC(CC(C4)C2)C3)CC1. The van der Waals surface area contributed by atoms with Gasteiger partial charge in [0.25, 0.3) is 5.91 Å². The van der Waals surface area contributed by atoms with Crippen LogP contribution < -0.4 is 0 Å². The smallest absolute Gasteiger partial charge is 0.265 e. The Morgan fingerprint density at radius 3 is 2.17 bits per heavy atom. The van der Waals surface area contributed by atoms with Crippen LogP contribution in [0.5, 0.6) is 0 Å². The molecule has 4 nitrogen and oxygen atoms in total. The highest BCUT2D eigenvalue weighted by molar-refractivity contribution is 7.11. The number of piperazine rings is 1. The fourth-order valence-corrected chi connectivity index (χ4v) is 7.26. The van der Waals surface area contributed by atoms with Gasteiger partial charge < -0.3 is 4.90 Å². The van der Waals surface area contributed by atoms with E-state index in [9.17, 15) is 4.79 Å². The molecule has 0 N–H and O–H groups in total. The summed E-state index contributed by atoms with van der Waals surface area (Å²) >= 11 is 1.48. The maximum atomic E-state index is 12.7. The summed E-state index contributed by atoms with van der Waals surface area (Å²) in [5, 5.41) is 0. The van der Waals surface area contributed by atoms with E-state index in [0.29, 0.717) is 5.54 Å². The first-order chi connectivity index (χ1) is 11.6. The third kappa shape index (κ3) is 2.35. The maximum Gasteiger partial charge on any atom is 0.265 e. The van der Waals surface area contributed by atoms with Crippen LogP contribution in [0, 0.1) is 24.7 Å². The molecule has 4 saturated carbocycles. The number of hydrogen-bond acceptors (Lipinski definition) is 4. The molecule has 1 aromatic rings. The highest BCUT2D eigenvalue weighted by atomic mass is 32.1. The van der Waals surface area contributed by atoms with Crippen molar-refractivity contribution >= 4 is 17.2 Å². The molecule has 1 amide bonds. The molecule has 6 rings (SSSR count). The van der Waals surface area contributed by atoms with Crippen LogP contribution >= 0.6 is 11.3 Å². The number of hydrogen-bond donors (Lipinski definition) is 0. The molecule has 5 heteroatoms. The first kappa shape index (κ1) is 15.3. The van der Waals surface area contributed by atoms with Gasteiger partial charge in [-0.2, -0.15) is 0 Å². The molecule has 0 aromatic carbocycles. The Morgan fingerprint density at radius 1 is 1.08 bits per heavy atom. The van der Waals surface area contributed by atoms with Gasteiger partial charge in [-0.25, -0.2) is 4.98 Å². The van der Waals surface area contributed by atoms with E-state index >= 15 is 0 Å². The van der Waals surface area contributed by atoms with E-state index in [2.05, 4.69) is 14.8 Å². The highest BCUT2D eigenvalue weighted by Crippen LogP contribution is 2.57. The Labute approximate surface area is 148 Å². The molecule has 1 saturated heterocycles. The third-order valence-electron chi connectivity index (χ3n) is 7.18. The Hall–Kier alpha value is -0.940. The monoisotopic (exact) mass is 345 g/mol. The molecule has 2 heterocycles. The number of rotatable bonds is 2. The van der Waals surface area contributed by atoms with Crippen molar-refractivity contribution in [2.45, 2.75) is 51.0 Å². The fraction of sp³-hybridized carbons (Fsp3) is 0.789. The minimum absolute atomic E-state index is 0.195. The second kappa shape index (κ2) is 5.53.